The molecule has 1 amide bonds. The molecule has 1 fully saturated rings. The van der Waals surface area contributed by atoms with Crippen molar-refractivity contribution >= 4 is 5.91 Å². The zero-order valence-electron chi connectivity index (χ0n) is 10.3. The molecule has 0 spiro atoms. The fourth-order valence-electron chi connectivity index (χ4n) is 2.21. The van der Waals surface area contributed by atoms with Gasteiger partial charge in [0.15, 0.2) is 0 Å². The minimum absolute atomic E-state index is 0.0209. The first-order valence-corrected chi connectivity index (χ1v) is 6.16. The van der Waals surface area contributed by atoms with Crippen LogP contribution in [0.25, 0.3) is 11.4 Å². The summed E-state index contributed by atoms with van der Waals surface area (Å²) >= 11 is 0. The highest BCUT2D eigenvalue weighted by molar-refractivity contribution is 5.94. The van der Waals surface area contributed by atoms with Gasteiger partial charge in [-0.25, -0.2) is 0 Å². The molecular formula is C13H14N4O2. The summed E-state index contributed by atoms with van der Waals surface area (Å²) < 4.78 is 4.69. The fourth-order valence-corrected chi connectivity index (χ4v) is 2.21. The van der Waals surface area contributed by atoms with Gasteiger partial charge in [-0.05, 0) is 18.6 Å². The fraction of sp³-hybridized carbons (Fsp3) is 0.308. The monoisotopic (exact) mass is 258 g/mol. The quantitative estimate of drug-likeness (QED) is 0.865. The minimum atomic E-state index is 0.0209. The number of carbonyl (C=O) groups is 1. The van der Waals surface area contributed by atoms with Gasteiger partial charge in [-0.2, -0.15) is 4.98 Å². The second kappa shape index (κ2) is 4.81. The summed E-state index contributed by atoms with van der Waals surface area (Å²) in [4.78, 5) is 18.0. The molecule has 1 aromatic carbocycles. The molecule has 6 nitrogen and oxygen atoms in total. The predicted octanol–water partition coefficient (Wildman–Crippen LogP) is 0.910. The molecule has 0 radical (unpaired) electrons. The first-order valence-electron chi connectivity index (χ1n) is 6.16. The molecule has 3 rings (SSSR count). The van der Waals surface area contributed by atoms with Gasteiger partial charge in [0.25, 0.3) is 5.91 Å². The number of rotatable bonds is 2. The van der Waals surface area contributed by atoms with Gasteiger partial charge in [0.2, 0.25) is 12.2 Å². The normalized spacial score (nSPS) is 18.8. The zero-order chi connectivity index (χ0) is 13.2. The van der Waals surface area contributed by atoms with E-state index in [-0.39, 0.29) is 11.9 Å². The van der Waals surface area contributed by atoms with Crippen molar-refractivity contribution in [1.29, 1.82) is 0 Å². The molecule has 1 saturated heterocycles. The maximum atomic E-state index is 12.2. The maximum absolute atomic E-state index is 12.2. The van der Waals surface area contributed by atoms with E-state index >= 15 is 0 Å². The first kappa shape index (κ1) is 11.9. The number of amides is 1. The number of hydrogen-bond acceptors (Lipinski definition) is 5. The summed E-state index contributed by atoms with van der Waals surface area (Å²) in [5.41, 5.74) is 7.29. The highest BCUT2D eigenvalue weighted by Crippen LogP contribution is 2.17. The topological polar surface area (TPSA) is 85.2 Å². The Hall–Kier alpha value is -2.21. The van der Waals surface area contributed by atoms with Gasteiger partial charge in [0.1, 0.15) is 0 Å². The molecule has 2 heterocycles. The van der Waals surface area contributed by atoms with Crippen LogP contribution in [0.2, 0.25) is 0 Å². The largest absolute Gasteiger partial charge is 0.342 e. The van der Waals surface area contributed by atoms with Gasteiger partial charge in [-0.3, -0.25) is 4.79 Å². The second-order valence-electron chi connectivity index (χ2n) is 4.63. The van der Waals surface area contributed by atoms with E-state index in [1.165, 1.54) is 6.39 Å². The van der Waals surface area contributed by atoms with Gasteiger partial charge < -0.3 is 15.2 Å². The average Bonchev–Trinajstić information content (AvgIpc) is 3.09. The highest BCUT2D eigenvalue weighted by Gasteiger charge is 2.24. The van der Waals surface area contributed by atoms with E-state index in [9.17, 15) is 4.79 Å². The molecular weight excluding hydrogens is 244 g/mol. The summed E-state index contributed by atoms with van der Waals surface area (Å²) in [5, 5.41) is 3.75. The summed E-state index contributed by atoms with van der Waals surface area (Å²) in [6, 6.07) is 7.28. The molecule has 1 unspecified atom stereocenters. The van der Waals surface area contributed by atoms with Gasteiger partial charge in [0, 0.05) is 30.3 Å². The van der Waals surface area contributed by atoms with Crippen LogP contribution < -0.4 is 5.73 Å². The third-order valence-corrected chi connectivity index (χ3v) is 3.26. The average molecular weight is 258 g/mol. The van der Waals surface area contributed by atoms with E-state index < -0.39 is 0 Å². The van der Waals surface area contributed by atoms with Crippen LogP contribution in [0.5, 0.6) is 0 Å². The Labute approximate surface area is 110 Å². The molecule has 1 aromatic heterocycles. The third kappa shape index (κ3) is 2.34. The van der Waals surface area contributed by atoms with Gasteiger partial charge in [-0.15, -0.1) is 0 Å². The maximum Gasteiger partial charge on any atom is 0.253 e. The van der Waals surface area contributed by atoms with E-state index in [1.54, 1.807) is 17.0 Å². The van der Waals surface area contributed by atoms with Crippen LogP contribution in [0.1, 0.15) is 16.8 Å². The molecule has 19 heavy (non-hydrogen) atoms. The summed E-state index contributed by atoms with van der Waals surface area (Å²) in [5.74, 6) is 0.537. The lowest BCUT2D eigenvalue weighted by Crippen LogP contribution is -2.31. The van der Waals surface area contributed by atoms with E-state index in [2.05, 4.69) is 14.7 Å². The van der Waals surface area contributed by atoms with Crippen molar-refractivity contribution in [2.45, 2.75) is 12.5 Å². The molecule has 2 N–H and O–H groups in total. The van der Waals surface area contributed by atoms with Crippen molar-refractivity contribution in [3.8, 4) is 11.4 Å². The van der Waals surface area contributed by atoms with Crippen molar-refractivity contribution < 1.29 is 9.32 Å². The lowest BCUT2D eigenvalue weighted by atomic mass is 10.1. The lowest BCUT2D eigenvalue weighted by molar-refractivity contribution is 0.0791. The molecule has 98 valence electrons. The molecule has 1 aliphatic heterocycles. The summed E-state index contributed by atoms with van der Waals surface area (Å²) in [6.07, 6.45) is 2.15. The number of aromatic nitrogens is 2. The second-order valence-corrected chi connectivity index (χ2v) is 4.63. The van der Waals surface area contributed by atoms with Crippen LogP contribution in [0.3, 0.4) is 0 Å². The van der Waals surface area contributed by atoms with Crippen LogP contribution in [-0.4, -0.2) is 40.1 Å². The molecule has 6 heteroatoms. The van der Waals surface area contributed by atoms with E-state index in [0.717, 1.165) is 18.5 Å². The van der Waals surface area contributed by atoms with E-state index in [1.807, 2.05) is 12.1 Å². The Morgan fingerprint density at radius 2 is 2.16 bits per heavy atom. The Kier molecular flexibility index (Phi) is 3.00. The molecule has 2 aromatic rings. The van der Waals surface area contributed by atoms with E-state index in [4.69, 9.17) is 5.73 Å². The Balaban J connectivity index is 1.77. The third-order valence-electron chi connectivity index (χ3n) is 3.26. The van der Waals surface area contributed by atoms with Crippen LogP contribution in [0.4, 0.5) is 0 Å². The van der Waals surface area contributed by atoms with Crippen LogP contribution >= 0.6 is 0 Å². The lowest BCUT2D eigenvalue weighted by Gasteiger charge is -2.15. The molecule has 0 saturated carbocycles. The molecule has 0 bridgehead atoms. The van der Waals surface area contributed by atoms with Gasteiger partial charge in [-0.1, -0.05) is 17.3 Å². The zero-order valence-corrected chi connectivity index (χ0v) is 10.3. The first-order chi connectivity index (χ1) is 9.24. The summed E-state index contributed by atoms with van der Waals surface area (Å²) in [6.45, 7) is 1.36. The standard InChI is InChI=1S/C13H14N4O2/c14-11-5-6-17(7-11)13(18)10-3-1-9(2-4-10)12-15-8-19-16-12/h1-4,8,11H,5-7,14H2. The van der Waals surface area contributed by atoms with E-state index in [0.29, 0.717) is 17.9 Å². The van der Waals surface area contributed by atoms with Crippen molar-refractivity contribution in [2.75, 3.05) is 13.1 Å². The van der Waals surface area contributed by atoms with Crippen molar-refractivity contribution in [1.82, 2.24) is 15.0 Å². The van der Waals surface area contributed by atoms with Crippen molar-refractivity contribution in [2.24, 2.45) is 5.73 Å². The highest BCUT2D eigenvalue weighted by atomic mass is 16.5. The van der Waals surface area contributed by atoms with Gasteiger partial charge >= 0.3 is 0 Å². The Bertz CT molecular complexity index is 565. The van der Waals surface area contributed by atoms with Gasteiger partial charge in [0.05, 0.1) is 0 Å². The van der Waals surface area contributed by atoms with Crippen LogP contribution in [0, 0.1) is 0 Å². The number of carbonyl (C=O) groups excluding carboxylic acids is 1. The Morgan fingerprint density at radius 1 is 1.37 bits per heavy atom. The van der Waals surface area contributed by atoms with Crippen LogP contribution in [-0.2, 0) is 0 Å². The molecule has 0 aliphatic carbocycles. The van der Waals surface area contributed by atoms with Crippen LogP contribution in [0.15, 0.2) is 35.2 Å². The number of benzene rings is 1. The predicted molar refractivity (Wildman–Crippen MR) is 68.2 cm³/mol. The van der Waals surface area contributed by atoms with Crippen molar-refractivity contribution in [3.05, 3.63) is 36.2 Å². The number of nitrogens with two attached hydrogens (primary N) is 1. The summed E-state index contributed by atoms with van der Waals surface area (Å²) in [7, 11) is 0. The number of nitrogens with zero attached hydrogens (tertiary/aromatic N) is 3. The molecule has 1 atom stereocenters. The van der Waals surface area contributed by atoms with Crippen molar-refractivity contribution in [3.63, 3.8) is 0 Å². The molecule has 1 aliphatic rings. The minimum Gasteiger partial charge on any atom is -0.342 e. The SMILES string of the molecule is NC1CCN(C(=O)c2ccc(-c3ncon3)cc2)C1. The number of likely N-dealkylation sites (tertiary alicyclic amines) is 1. The Morgan fingerprint density at radius 3 is 2.74 bits per heavy atom. The smallest absolute Gasteiger partial charge is 0.253 e. The number of hydrogen-bond donors (Lipinski definition) is 1.